The Balaban J connectivity index is 2.70. The summed E-state index contributed by atoms with van der Waals surface area (Å²) in [7, 11) is 0. The third-order valence-electron chi connectivity index (χ3n) is 1.83. The summed E-state index contributed by atoms with van der Waals surface area (Å²) in [6.07, 6.45) is 0. The van der Waals surface area contributed by atoms with E-state index in [4.69, 9.17) is 4.52 Å². The van der Waals surface area contributed by atoms with Crippen molar-refractivity contribution in [3.05, 3.63) is 24.3 Å². The van der Waals surface area contributed by atoms with Gasteiger partial charge < -0.3 is 4.52 Å². The first-order valence-corrected chi connectivity index (χ1v) is 4.05. The smallest absolute Gasteiger partial charge is 0.280 e. The predicted molar refractivity (Wildman–Crippen MR) is 44.6 cm³/mol. The summed E-state index contributed by atoms with van der Waals surface area (Å²) in [6.45, 7) is 4.16. The molecule has 0 aliphatic carbocycles. The van der Waals surface area contributed by atoms with Crippen LogP contribution in [0.25, 0.3) is 11.1 Å². The van der Waals surface area contributed by atoms with Crippen molar-refractivity contribution in [1.29, 1.82) is 0 Å². The molecule has 0 fully saturated rings. The minimum atomic E-state index is 0.341. The molecule has 0 saturated carbocycles. The van der Waals surface area contributed by atoms with E-state index < -0.39 is 0 Å². The average Bonchev–Trinajstić information content (AvgIpc) is 2.47. The Morgan fingerprint density at radius 3 is 2.83 bits per heavy atom. The number of fused-ring (bicyclic) bond motifs is 1. The summed E-state index contributed by atoms with van der Waals surface area (Å²) in [5, 5.41) is 3.94. The Kier molecular flexibility index (Phi) is 1.57. The van der Waals surface area contributed by atoms with Gasteiger partial charge in [0.05, 0.1) is 0 Å². The summed E-state index contributed by atoms with van der Waals surface area (Å²) in [5.74, 6) is 0. The van der Waals surface area contributed by atoms with Gasteiger partial charge in [0.25, 0.3) is 5.52 Å². The first kappa shape index (κ1) is 7.28. The normalized spacial score (nSPS) is 11.2. The van der Waals surface area contributed by atoms with Crippen LogP contribution >= 0.6 is 0 Å². The largest absolute Gasteiger partial charge is 0.300 e. The van der Waals surface area contributed by atoms with Crippen molar-refractivity contribution in [1.82, 2.24) is 5.27 Å². The maximum absolute atomic E-state index is 5.12. The number of hydrogen-bond donors (Lipinski definition) is 0. The van der Waals surface area contributed by atoms with Gasteiger partial charge in [-0.05, 0) is 10.7 Å². The SMILES string of the molecule is CC(C)[n+]1noc2ccccc21. The lowest BCUT2D eigenvalue weighted by atomic mass is 10.3. The summed E-state index contributed by atoms with van der Waals surface area (Å²) in [4.78, 5) is 0. The van der Waals surface area contributed by atoms with Gasteiger partial charge in [-0.1, -0.05) is 12.1 Å². The van der Waals surface area contributed by atoms with Gasteiger partial charge in [-0.25, -0.2) is 0 Å². The summed E-state index contributed by atoms with van der Waals surface area (Å²) < 4.78 is 6.99. The highest BCUT2D eigenvalue weighted by Crippen LogP contribution is 2.08. The molecule has 0 aliphatic heterocycles. The van der Waals surface area contributed by atoms with Gasteiger partial charge in [0.1, 0.15) is 0 Å². The van der Waals surface area contributed by atoms with Crippen molar-refractivity contribution in [2.24, 2.45) is 0 Å². The molecular formula is C9H11N2O+. The molecule has 0 atom stereocenters. The van der Waals surface area contributed by atoms with Gasteiger partial charge in [0.15, 0.2) is 11.3 Å². The number of aromatic nitrogens is 2. The van der Waals surface area contributed by atoms with Crippen LogP contribution in [0.5, 0.6) is 0 Å². The third-order valence-corrected chi connectivity index (χ3v) is 1.83. The van der Waals surface area contributed by atoms with Gasteiger partial charge in [-0.3, -0.25) is 0 Å². The number of benzene rings is 1. The highest BCUT2D eigenvalue weighted by Gasteiger charge is 2.17. The van der Waals surface area contributed by atoms with Crippen molar-refractivity contribution in [3.8, 4) is 0 Å². The lowest BCUT2D eigenvalue weighted by Crippen LogP contribution is -2.37. The van der Waals surface area contributed by atoms with E-state index in [-0.39, 0.29) is 0 Å². The average molecular weight is 163 g/mol. The molecule has 3 heteroatoms. The van der Waals surface area contributed by atoms with Gasteiger partial charge in [0.2, 0.25) is 5.58 Å². The molecule has 1 heterocycles. The van der Waals surface area contributed by atoms with Gasteiger partial charge in [-0.2, -0.15) is 0 Å². The van der Waals surface area contributed by atoms with Crippen molar-refractivity contribution < 1.29 is 9.20 Å². The first-order chi connectivity index (χ1) is 5.79. The Hall–Kier alpha value is -1.38. The monoisotopic (exact) mass is 163 g/mol. The van der Waals surface area contributed by atoms with Gasteiger partial charge in [-0.15, -0.1) is 0 Å². The number of para-hydroxylation sites is 2. The minimum Gasteiger partial charge on any atom is -0.300 e. The number of hydrogen-bond acceptors (Lipinski definition) is 2. The molecule has 2 aromatic rings. The quantitative estimate of drug-likeness (QED) is 0.599. The van der Waals surface area contributed by atoms with Crippen molar-refractivity contribution in [2.75, 3.05) is 0 Å². The van der Waals surface area contributed by atoms with E-state index in [0.717, 1.165) is 11.1 Å². The Morgan fingerprint density at radius 1 is 1.33 bits per heavy atom. The molecule has 0 radical (unpaired) electrons. The lowest BCUT2D eigenvalue weighted by molar-refractivity contribution is -0.758. The van der Waals surface area contributed by atoms with E-state index >= 15 is 0 Å². The predicted octanol–water partition coefficient (Wildman–Crippen LogP) is 1.70. The number of nitrogens with zero attached hydrogens (tertiary/aromatic N) is 2. The fourth-order valence-electron chi connectivity index (χ4n) is 1.23. The Morgan fingerprint density at radius 2 is 2.08 bits per heavy atom. The van der Waals surface area contributed by atoms with Crippen LogP contribution < -0.4 is 4.68 Å². The number of rotatable bonds is 1. The molecule has 0 saturated heterocycles. The zero-order valence-electron chi connectivity index (χ0n) is 7.19. The van der Waals surface area contributed by atoms with Crippen LogP contribution in [0.4, 0.5) is 0 Å². The van der Waals surface area contributed by atoms with E-state index in [2.05, 4.69) is 19.1 Å². The van der Waals surface area contributed by atoms with Crippen LogP contribution in [-0.4, -0.2) is 5.27 Å². The van der Waals surface area contributed by atoms with Crippen LogP contribution in [-0.2, 0) is 0 Å². The van der Waals surface area contributed by atoms with Gasteiger partial charge in [0, 0.05) is 19.9 Å². The maximum atomic E-state index is 5.12. The van der Waals surface area contributed by atoms with Crippen LogP contribution in [0.2, 0.25) is 0 Å². The molecule has 1 aromatic heterocycles. The minimum absolute atomic E-state index is 0.341. The second-order valence-electron chi connectivity index (χ2n) is 3.08. The summed E-state index contributed by atoms with van der Waals surface area (Å²) in [5.41, 5.74) is 1.89. The lowest BCUT2D eigenvalue weighted by Gasteiger charge is -1.89. The molecule has 0 unspecified atom stereocenters. The van der Waals surface area contributed by atoms with E-state index in [0.29, 0.717) is 6.04 Å². The fourth-order valence-corrected chi connectivity index (χ4v) is 1.23. The molecule has 0 aliphatic rings. The summed E-state index contributed by atoms with van der Waals surface area (Å²) in [6, 6.07) is 8.19. The van der Waals surface area contributed by atoms with Crippen molar-refractivity contribution in [2.45, 2.75) is 19.9 Å². The van der Waals surface area contributed by atoms with E-state index in [1.54, 1.807) is 0 Å². The molecule has 0 spiro atoms. The van der Waals surface area contributed by atoms with E-state index in [9.17, 15) is 0 Å². The third kappa shape index (κ3) is 0.978. The fraction of sp³-hybridized carbons (Fsp3) is 0.333. The molecule has 2 rings (SSSR count). The van der Waals surface area contributed by atoms with Crippen LogP contribution in [0, 0.1) is 0 Å². The van der Waals surface area contributed by atoms with Crippen molar-refractivity contribution in [3.63, 3.8) is 0 Å². The zero-order valence-corrected chi connectivity index (χ0v) is 7.19. The highest BCUT2D eigenvalue weighted by molar-refractivity contribution is 5.67. The standard InChI is InChI=1S/C9H11N2O/c1-7(2)11-8-5-3-4-6-9(8)12-10-11/h3-7H,1-2H3/q+1. The summed E-state index contributed by atoms with van der Waals surface area (Å²) >= 11 is 0. The molecular weight excluding hydrogens is 152 g/mol. The van der Waals surface area contributed by atoms with E-state index in [1.807, 2.05) is 28.9 Å². The Bertz CT molecular complexity index is 392. The molecule has 0 amide bonds. The van der Waals surface area contributed by atoms with Crippen LogP contribution in [0.1, 0.15) is 19.9 Å². The molecule has 3 nitrogen and oxygen atoms in total. The molecule has 1 aromatic carbocycles. The van der Waals surface area contributed by atoms with Crippen molar-refractivity contribution >= 4 is 11.1 Å². The Labute approximate surface area is 70.6 Å². The van der Waals surface area contributed by atoms with E-state index in [1.165, 1.54) is 0 Å². The second kappa shape index (κ2) is 2.59. The molecule has 12 heavy (non-hydrogen) atoms. The maximum Gasteiger partial charge on any atom is 0.280 e. The van der Waals surface area contributed by atoms with Crippen LogP contribution in [0.15, 0.2) is 28.8 Å². The second-order valence-corrected chi connectivity index (χ2v) is 3.08. The topological polar surface area (TPSA) is 29.9 Å². The first-order valence-electron chi connectivity index (χ1n) is 4.05. The highest BCUT2D eigenvalue weighted by atomic mass is 16.5. The zero-order chi connectivity index (χ0) is 8.55. The molecule has 0 N–H and O–H groups in total. The molecule has 62 valence electrons. The van der Waals surface area contributed by atoms with Crippen LogP contribution in [0.3, 0.4) is 0 Å². The molecule has 0 bridgehead atoms. The van der Waals surface area contributed by atoms with Gasteiger partial charge >= 0.3 is 0 Å².